The quantitative estimate of drug-likeness (QED) is 0.655. The molecule has 0 saturated heterocycles. The molecule has 0 saturated carbocycles. The van der Waals surface area contributed by atoms with E-state index in [1.807, 2.05) is 0 Å². The fourth-order valence-corrected chi connectivity index (χ4v) is 0.914. The topological polar surface area (TPSA) is 55.4 Å². The molecule has 4 nitrogen and oxygen atoms in total. The van der Waals surface area contributed by atoms with E-state index >= 15 is 0 Å². The maximum Gasteiger partial charge on any atom is 0.307 e. The molecule has 1 amide bonds. The van der Waals surface area contributed by atoms with Crippen LogP contribution < -0.4 is 5.32 Å². The van der Waals surface area contributed by atoms with Crippen molar-refractivity contribution in [2.24, 2.45) is 5.92 Å². The van der Waals surface area contributed by atoms with E-state index in [2.05, 4.69) is 23.9 Å². The summed E-state index contributed by atoms with van der Waals surface area (Å²) in [5.74, 6) is 0.234. The summed E-state index contributed by atoms with van der Waals surface area (Å²) in [6.07, 6.45) is 1.65. The molecular formula is C10H19NO3. The molecule has 0 aliphatic carbocycles. The van der Waals surface area contributed by atoms with Gasteiger partial charge in [0.1, 0.15) is 0 Å². The van der Waals surface area contributed by atoms with Gasteiger partial charge in [-0.3, -0.25) is 9.59 Å². The highest BCUT2D eigenvalue weighted by Gasteiger charge is 2.04. The van der Waals surface area contributed by atoms with Crippen molar-refractivity contribution in [2.45, 2.75) is 33.1 Å². The monoisotopic (exact) mass is 201 g/mol. The molecule has 4 heteroatoms. The molecule has 1 N–H and O–H groups in total. The van der Waals surface area contributed by atoms with Crippen LogP contribution in [-0.2, 0) is 14.3 Å². The van der Waals surface area contributed by atoms with Crippen LogP contribution in [-0.4, -0.2) is 25.5 Å². The van der Waals surface area contributed by atoms with Crippen molar-refractivity contribution in [2.75, 3.05) is 13.7 Å². The molecule has 82 valence electrons. The summed E-state index contributed by atoms with van der Waals surface area (Å²) in [5.41, 5.74) is 0. The number of ether oxygens (including phenoxy) is 1. The molecule has 0 heterocycles. The SMILES string of the molecule is COC(=O)CCNC(=O)CCC(C)C. The van der Waals surface area contributed by atoms with E-state index < -0.39 is 0 Å². The van der Waals surface area contributed by atoms with Crippen molar-refractivity contribution in [3.63, 3.8) is 0 Å². The van der Waals surface area contributed by atoms with Crippen molar-refractivity contribution in [1.29, 1.82) is 0 Å². The number of esters is 1. The van der Waals surface area contributed by atoms with Crippen LogP contribution in [0.2, 0.25) is 0 Å². The predicted octanol–water partition coefficient (Wildman–Crippen LogP) is 1.10. The van der Waals surface area contributed by atoms with Crippen LogP contribution in [0.15, 0.2) is 0 Å². The summed E-state index contributed by atoms with van der Waals surface area (Å²) in [6.45, 7) is 4.51. The Morgan fingerprint density at radius 2 is 1.93 bits per heavy atom. The first-order valence-corrected chi connectivity index (χ1v) is 4.89. The largest absolute Gasteiger partial charge is 0.469 e. The van der Waals surface area contributed by atoms with Gasteiger partial charge in [0.05, 0.1) is 13.5 Å². The molecule has 0 aliphatic rings. The first-order chi connectivity index (χ1) is 6.56. The van der Waals surface area contributed by atoms with E-state index in [0.717, 1.165) is 6.42 Å². The lowest BCUT2D eigenvalue weighted by atomic mass is 10.1. The second-order valence-corrected chi connectivity index (χ2v) is 3.61. The van der Waals surface area contributed by atoms with Crippen molar-refractivity contribution >= 4 is 11.9 Å². The Morgan fingerprint density at radius 1 is 1.29 bits per heavy atom. The summed E-state index contributed by atoms with van der Waals surface area (Å²) < 4.78 is 4.44. The van der Waals surface area contributed by atoms with Gasteiger partial charge in [-0.25, -0.2) is 0 Å². The van der Waals surface area contributed by atoms with Crippen molar-refractivity contribution in [3.8, 4) is 0 Å². The van der Waals surface area contributed by atoms with Crippen LogP contribution in [0.3, 0.4) is 0 Å². The Bertz CT molecular complexity index is 190. The van der Waals surface area contributed by atoms with Gasteiger partial charge in [0.25, 0.3) is 0 Å². The Balaban J connectivity index is 3.40. The molecule has 0 unspecified atom stereocenters. The second kappa shape index (κ2) is 7.35. The van der Waals surface area contributed by atoms with Gasteiger partial charge in [-0.05, 0) is 12.3 Å². The zero-order chi connectivity index (χ0) is 11.0. The van der Waals surface area contributed by atoms with Gasteiger partial charge in [0.2, 0.25) is 5.91 Å². The molecule has 0 rings (SSSR count). The summed E-state index contributed by atoms with van der Waals surface area (Å²) >= 11 is 0. The van der Waals surface area contributed by atoms with Crippen molar-refractivity contribution in [3.05, 3.63) is 0 Å². The van der Waals surface area contributed by atoms with Crippen LogP contribution in [0.25, 0.3) is 0 Å². The van der Waals surface area contributed by atoms with Gasteiger partial charge in [0.15, 0.2) is 0 Å². The Morgan fingerprint density at radius 3 is 2.43 bits per heavy atom. The summed E-state index contributed by atoms with van der Waals surface area (Å²) in [6, 6.07) is 0. The third-order valence-corrected chi connectivity index (χ3v) is 1.83. The normalized spacial score (nSPS) is 10.0. The number of methoxy groups -OCH3 is 1. The van der Waals surface area contributed by atoms with Crippen molar-refractivity contribution in [1.82, 2.24) is 5.32 Å². The minimum absolute atomic E-state index is 0.00241. The Hall–Kier alpha value is -1.06. The van der Waals surface area contributed by atoms with E-state index in [1.165, 1.54) is 7.11 Å². The molecule has 14 heavy (non-hydrogen) atoms. The van der Waals surface area contributed by atoms with E-state index in [9.17, 15) is 9.59 Å². The number of carbonyl (C=O) groups excluding carboxylic acids is 2. The first-order valence-electron chi connectivity index (χ1n) is 4.89. The Labute approximate surface area is 85.0 Å². The van der Waals surface area contributed by atoms with Crippen LogP contribution >= 0.6 is 0 Å². The standard InChI is InChI=1S/C10H19NO3/c1-8(2)4-5-9(12)11-7-6-10(13)14-3/h8H,4-7H2,1-3H3,(H,11,12). The zero-order valence-corrected chi connectivity index (χ0v) is 9.13. The fourth-order valence-electron chi connectivity index (χ4n) is 0.914. The van der Waals surface area contributed by atoms with E-state index in [0.29, 0.717) is 18.9 Å². The van der Waals surface area contributed by atoms with E-state index in [1.54, 1.807) is 0 Å². The van der Waals surface area contributed by atoms with Crippen LogP contribution in [0.1, 0.15) is 33.1 Å². The third kappa shape index (κ3) is 7.58. The van der Waals surface area contributed by atoms with Crippen molar-refractivity contribution < 1.29 is 14.3 Å². The fraction of sp³-hybridized carbons (Fsp3) is 0.800. The average molecular weight is 201 g/mol. The van der Waals surface area contributed by atoms with Gasteiger partial charge in [-0.2, -0.15) is 0 Å². The van der Waals surface area contributed by atoms with Crippen LogP contribution in [0, 0.1) is 5.92 Å². The molecule has 0 spiro atoms. The highest BCUT2D eigenvalue weighted by molar-refractivity contribution is 5.76. The third-order valence-electron chi connectivity index (χ3n) is 1.83. The van der Waals surface area contributed by atoms with Crippen LogP contribution in [0.4, 0.5) is 0 Å². The number of amides is 1. The number of hydrogen-bond acceptors (Lipinski definition) is 3. The molecular weight excluding hydrogens is 182 g/mol. The van der Waals surface area contributed by atoms with E-state index in [-0.39, 0.29) is 18.3 Å². The lowest BCUT2D eigenvalue weighted by Crippen LogP contribution is -2.26. The minimum Gasteiger partial charge on any atom is -0.469 e. The maximum absolute atomic E-state index is 11.2. The number of rotatable bonds is 6. The molecule has 0 atom stereocenters. The lowest BCUT2D eigenvalue weighted by molar-refractivity contribution is -0.140. The second-order valence-electron chi connectivity index (χ2n) is 3.61. The minimum atomic E-state index is -0.297. The highest BCUT2D eigenvalue weighted by atomic mass is 16.5. The van der Waals surface area contributed by atoms with Gasteiger partial charge in [-0.15, -0.1) is 0 Å². The first kappa shape index (κ1) is 12.9. The smallest absolute Gasteiger partial charge is 0.307 e. The molecule has 0 aromatic carbocycles. The van der Waals surface area contributed by atoms with Gasteiger partial charge in [0, 0.05) is 13.0 Å². The Kier molecular flexibility index (Phi) is 6.80. The number of nitrogens with one attached hydrogen (secondary N) is 1. The lowest BCUT2D eigenvalue weighted by Gasteiger charge is -2.05. The van der Waals surface area contributed by atoms with Crippen LogP contribution in [0.5, 0.6) is 0 Å². The molecule has 0 aliphatic heterocycles. The maximum atomic E-state index is 11.2. The summed E-state index contributed by atoms with van der Waals surface area (Å²) in [4.78, 5) is 21.8. The molecule has 0 bridgehead atoms. The summed E-state index contributed by atoms with van der Waals surface area (Å²) in [7, 11) is 1.34. The number of carbonyl (C=O) groups is 2. The summed E-state index contributed by atoms with van der Waals surface area (Å²) in [5, 5.41) is 2.66. The molecule has 0 radical (unpaired) electrons. The molecule has 0 aromatic heterocycles. The van der Waals surface area contributed by atoms with E-state index in [4.69, 9.17) is 0 Å². The zero-order valence-electron chi connectivity index (χ0n) is 9.13. The van der Waals surface area contributed by atoms with Gasteiger partial charge in [-0.1, -0.05) is 13.8 Å². The number of hydrogen-bond donors (Lipinski definition) is 1. The predicted molar refractivity (Wildman–Crippen MR) is 53.7 cm³/mol. The molecule has 0 aromatic rings. The van der Waals surface area contributed by atoms with Gasteiger partial charge >= 0.3 is 5.97 Å². The highest BCUT2D eigenvalue weighted by Crippen LogP contribution is 2.02. The molecule has 0 fully saturated rings. The average Bonchev–Trinajstić information content (AvgIpc) is 2.14. The van der Waals surface area contributed by atoms with Gasteiger partial charge < -0.3 is 10.1 Å².